The molecule has 24 heavy (non-hydrogen) atoms. The predicted molar refractivity (Wildman–Crippen MR) is 89.5 cm³/mol. The number of benzene rings is 1. The summed E-state index contributed by atoms with van der Waals surface area (Å²) in [5.41, 5.74) is 2.05. The lowest BCUT2D eigenvalue weighted by Crippen LogP contribution is -2.46. The molecule has 0 unspecified atom stereocenters. The number of nitriles is 1. The van der Waals surface area contributed by atoms with Gasteiger partial charge in [0.2, 0.25) is 0 Å². The molecule has 7 heteroatoms. The number of hydrogen-bond acceptors (Lipinski definition) is 6. The van der Waals surface area contributed by atoms with Crippen LogP contribution in [0.3, 0.4) is 0 Å². The molecule has 0 aliphatic carbocycles. The molecule has 0 spiro atoms. The second-order valence-electron chi connectivity index (χ2n) is 5.70. The zero-order chi connectivity index (χ0) is 16.9. The molecule has 2 aromatic rings. The molecule has 0 radical (unpaired) electrons. The van der Waals surface area contributed by atoms with E-state index in [1.54, 1.807) is 18.3 Å². The summed E-state index contributed by atoms with van der Waals surface area (Å²) < 4.78 is 0. The van der Waals surface area contributed by atoms with Crippen molar-refractivity contribution >= 4 is 11.4 Å². The zero-order valence-electron chi connectivity index (χ0n) is 13.1. The summed E-state index contributed by atoms with van der Waals surface area (Å²) in [5.74, 6) is 0. The summed E-state index contributed by atoms with van der Waals surface area (Å²) in [5, 5.41) is 20.2. The van der Waals surface area contributed by atoms with Gasteiger partial charge in [-0.3, -0.25) is 20.0 Å². The van der Waals surface area contributed by atoms with E-state index < -0.39 is 4.92 Å². The maximum absolute atomic E-state index is 11.3. The highest BCUT2D eigenvalue weighted by Gasteiger charge is 2.24. The summed E-state index contributed by atoms with van der Waals surface area (Å²) in [7, 11) is 0. The molecule has 122 valence electrons. The topological polar surface area (TPSA) is 86.3 Å². The molecule has 0 N–H and O–H groups in total. The molecule has 1 aliphatic heterocycles. The van der Waals surface area contributed by atoms with E-state index in [1.807, 2.05) is 29.3 Å². The Morgan fingerprint density at radius 1 is 1.25 bits per heavy atom. The largest absolute Gasteiger partial charge is 0.363 e. The van der Waals surface area contributed by atoms with Crippen LogP contribution in [-0.4, -0.2) is 41.0 Å². The Morgan fingerprint density at radius 3 is 2.67 bits per heavy atom. The first kappa shape index (κ1) is 15.9. The van der Waals surface area contributed by atoms with Crippen molar-refractivity contribution in [1.29, 1.82) is 5.26 Å². The standard InChI is InChI=1S/C17H17N5O2/c18-11-14-3-4-16(17(10-14)22(23)24)21-8-6-20(7-9-21)13-15-2-1-5-19-12-15/h1-5,10,12H,6-9,13H2. The molecule has 2 heterocycles. The smallest absolute Gasteiger partial charge is 0.293 e. The SMILES string of the molecule is N#Cc1ccc(N2CCN(Cc3cccnc3)CC2)c([N+](=O)[O-])c1. The van der Waals surface area contributed by atoms with Crippen molar-refractivity contribution in [2.75, 3.05) is 31.1 Å². The van der Waals surface area contributed by atoms with Crippen LogP contribution in [0.1, 0.15) is 11.1 Å². The van der Waals surface area contributed by atoms with Crippen molar-refractivity contribution < 1.29 is 4.92 Å². The van der Waals surface area contributed by atoms with Gasteiger partial charge in [-0.15, -0.1) is 0 Å². The number of anilines is 1. The second kappa shape index (κ2) is 7.06. The molecule has 1 saturated heterocycles. The Kier molecular flexibility index (Phi) is 4.68. The van der Waals surface area contributed by atoms with Gasteiger partial charge in [-0.2, -0.15) is 5.26 Å². The molecule has 0 bridgehead atoms. The van der Waals surface area contributed by atoms with E-state index >= 15 is 0 Å². The first-order chi connectivity index (χ1) is 11.7. The van der Waals surface area contributed by atoms with Crippen molar-refractivity contribution in [3.63, 3.8) is 0 Å². The lowest BCUT2D eigenvalue weighted by Gasteiger charge is -2.35. The van der Waals surface area contributed by atoms with Crippen molar-refractivity contribution in [2.45, 2.75) is 6.54 Å². The normalized spacial score (nSPS) is 15.0. The van der Waals surface area contributed by atoms with Gasteiger partial charge in [0.05, 0.1) is 16.6 Å². The van der Waals surface area contributed by atoms with E-state index in [4.69, 9.17) is 5.26 Å². The molecule has 1 fully saturated rings. The first-order valence-electron chi connectivity index (χ1n) is 7.72. The minimum absolute atomic E-state index is 0.00485. The van der Waals surface area contributed by atoms with Gasteiger partial charge >= 0.3 is 0 Å². The Hall–Kier alpha value is -2.98. The molecule has 0 atom stereocenters. The number of nitro groups is 1. The highest BCUT2D eigenvalue weighted by atomic mass is 16.6. The van der Waals surface area contributed by atoms with Crippen LogP contribution in [0.15, 0.2) is 42.7 Å². The highest BCUT2D eigenvalue weighted by molar-refractivity contribution is 5.65. The molecule has 0 saturated carbocycles. The van der Waals surface area contributed by atoms with Gasteiger partial charge in [0.25, 0.3) is 5.69 Å². The van der Waals surface area contributed by atoms with Crippen molar-refractivity contribution in [2.24, 2.45) is 0 Å². The fourth-order valence-electron chi connectivity index (χ4n) is 2.90. The average molecular weight is 323 g/mol. The Balaban J connectivity index is 1.69. The predicted octanol–water partition coefficient (Wildman–Crippen LogP) is 2.18. The number of aromatic nitrogens is 1. The fraction of sp³-hybridized carbons (Fsp3) is 0.294. The maximum Gasteiger partial charge on any atom is 0.293 e. The lowest BCUT2D eigenvalue weighted by atomic mass is 10.1. The van der Waals surface area contributed by atoms with Crippen molar-refractivity contribution in [3.05, 3.63) is 64.0 Å². The summed E-state index contributed by atoms with van der Waals surface area (Å²) >= 11 is 0. The zero-order valence-corrected chi connectivity index (χ0v) is 13.1. The van der Waals surface area contributed by atoms with Crippen molar-refractivity contribution in [1.82, 2.24) is 9.88 Å². The van der Waals surface area contributed by atoms with E-state index in [2.05, 4.69) is 9.88 Å². The summed E-state index contributed by atoms with van der Waals surface area (Å²) in [6.45, 7) is 3.91. The van der Waals surface area contributed by atoms with Crippen molar-refractivity contribution in [3.8, 4) is 6.07 Å². The van der Waals surface area contributed by atoms with Crippen LogP contribution in [0.5, 0.6) is 0 Å². The Labute approximate surface area is 139 Å². The van der Waals surface area contributed by atoms with Gasteiger partial charge in [-0.05, 0) is 23.8 Å². The van der Waals surface area contributed by atoms with Crippen LogP contribution in [0.2, 0.25) is 0 Å². The van der Waals surface area contributed by atoms with E-state index in [0.29, 0.717) is 24.3 Å². The molecule has 1 aliphatic rings. The van der Waals surface area contributed by atoms with Gasteiger partial charge in [0, 0.05) is 51.2 Å². The molecular weight excluding hydrogens is 306 g/mol. The van der Waals surface area contributed by atoms with Crippen LogP contribution in [0.4, 0.5) is 11.4 Å². The third-order valence-electron chi connectivity index (χ3n) is 4.14. The number of rotatable bonds is 4. The molecule has 1 aromatic heterocycles. The van der Waals surface area contributed by atoms with Gasteiger partial charge < -0.3 is 4.90 Å². The van der Waals surface area contributed by atoms with E-state index in [0.717, 1.165) is 25.2 Å². The third kappa shape index (κ3) is 3.50. The lowest BCUT2D eigenvalue weighted by molar-refractivity contribution is -0.384. The summed E-state index contributed by atoms with van der Waals surface area (Å²) in [4.78, 5) is 19.3. The van der Waals surface area contributed by atoms with Gasteiger partial charge in [-0.1, -0.05) is 6.07 Å². The monoisotopic (exact) mass is 323 g/mol. The fourth-order valence-corrected chi connectivity index (χ4v) is 2.90. The number of hydrogen-bond donors (Lipinski definition) is 0. The molecule has 0 amide bonds. The maximum atomic E-state index is 11.3. The van der Waals surface area contributed by atoms with Gasteiger partial charge in [-0.25, -0.2) is 0 Å². The third-order valence-corrected chi connectivity index (χ3v) is 4.14. The van der Waals surface area contributed by atoms with Gasteiger partial charge in [0.15, 0.2) is 0 Å². The Morgan fingerprint density at radius 2 is 2.04 bits per heavy atom. The van der Waals surface area contributed by atoms with Crippen LogP contribution >= 0.6 is 0 Å². The van der Waals surface area contributed by atoms with Crippen LogP contribution in [-0.2, 0) is 6.54 Å². The van der Waals surface area contributed by atoms with Gasteiger partial charge in [0.1, 0.15) is 5.69 Å². The van der Waals surface area contributed by atoms with E-state index in [9.17, 15) is 10.1 Å². The molecule has 1 aromatic carbocycles. The number of piperazine rings is 1. The highest BCUT2D eigenvalue weighted by Crippen LogP contribution is 2.30. The quantitative estimate of drug-likeness (QED) is 0.633. The minimum atomic E-state index is -0.418. The first-order valence-corrected chi connectivity index (χ1v) is 7.72. The average Bonchev–Trinajstić information content (AvgIpc) is 2.63. The van der Waals surface area contributed by atoms with Crippen LogP contribution in [0.25, 0.3) is 0 Å². The summed E-state index contributed by atoms with van der Waals surface area (Å²) in [6.07, 6.45) is 3.61. The molecule has 3 rings (SSSR count). The number of pyridine rings is 1. The van der Waals surface area contributed by atoms with Crippen LogP contribution in [0, 0.1) is 21.4 Å². The number of nitrogens with zero attached hydrogens (tertiary/aromatic N) is 5. The van der Waals surface area contributed by atoms with E-state index in [-0.39, 0.29) is 5.69 Å². The van der Waals surface area contributed by atoms with Crippen LogP contribution < -0.4 is 4.90 Å². The Bertz CT molecular complexity index is 764. The second-order valence-corrected chi connectivity index (χ2v) is 5.70. The minimum Gasteiger partial charge on any atom is -0.363 e. The number of nitro benzene ring substituents is 1. The molecular formula is C17H17N5O2. The van der Waals surface area contributed by atoms with E-state index in [1.165, 1.54) is 6.07 Å². The summed E-state index contributed by atoms with van der Waals surface area (Å²) in [6, 6.07) is 10.6. The molecule has 7 nitrogen and oxygen atoms in total.